The van der Waals surface area contributed by atoms with Crippen LogP contribution in [0.15, 0.2) is 0 Å². The average molecular weight is 233 g/mol. The molecule has 0 radical (unpaired) electrons. The lowest BCUT2D eigenvalue weighted by molar-refractivity contribution is 0.0211. The standard InChI is InChI=1S/C11H21Br/c1-4-10(5-2)11(8-12)6-9(3)7-11/h9-10H,4-8H2,1-3H3. The van der Waals surface area contributed by atoms with Crippen molar-refractivity contribution in [1.82, 2.24) is 0 Å². The number of hydrogen-bond donors (Lipinski definition) is 0. The van der Waals surface area contributed by atoms with Gasteiger partial charge in [0.05, 0.1) is 0 Å². The van der Waals surface area contributed by atoms with Crippen LogP contribution >= 0.6 is 15.9 Å². The number of hydrogen-bond acceptors (Lipinski definition) is 0. The Balaban J connectivity index is 2.55. The molecule has 0 aliphatic heterocycles. The molecule has 0 N–H and O–H groups in total. The number of rotatable bonds is 4. The molecule has 0 unspecified atom stereocenters. The van der Waals surface area contributed by atoms with E-state index >= 15 is 0 Å². The second kappa shape index (κ2) is 4.13. The Labute approximate surface area is 85.3 Å². The highest BCUT2D eigenvalue weighted by molar-refractivity contribution is 9.09. The van der Waals surface area contributed by atoms with Crippen molar-refractivity contribution in [2.75, 3.05) is 5.33 Å². The molecule has 0 aromatic carbocycles. The first-order chi connectivity index (χ1) is 5.68. The molecule has 1 aliphatic carbocycles. The van der Waals surface area contributed by atoms with Gasteiger partial charge in [0.2, 0.25) is 0 Å². The van der Waals surface area contributed by atoms with E-state index in [1.165, 1.54) is 31.0 Å². The average Bonchev–Trinajstić information content (AvgIpc) is 2.02. The molecule has 0 atom stereocenters. The maximum absolute atomic E-state index is 3.69. The third kappa shape index (κ3) is 1.71. The molecule has 1 heteroatoms. The van der Waals surface area contributed by atoms with Gasteiger partial charge in [-0.25, -0.2) is 0 Å². The van der Waals surface area contributed by atoms with Crippen molar-refractivity contribution in [2.24, 2.45) is 17.3 Å². The van der Waals surface area contributed by atoms with Crippen LogP contribution in [-0.4, -0.2) is 5.33 Å². The summed E-state index contributed by atoms with van der Waals surface area (Å²) in [6.07, 6.45) is 5.61. The van der Waals surface area contributed by atoms with Crippen LogP contribution in [0.4, 0.5) is 0 Å². The fourth-order valence-electron chi connectivity index (χ4n) is 3.03. The van der Waals surface area contributed by atoms with E-state index < -0.39 is 0 Å². The summed E-state index contributed by atoms with van der Waals surface area (Å²) in [4.78, 5) is 0. The van der Waals surface area contributed by atoms with Crippen LogP contribution in [0.1, 0.15) is 46.5 Å². The lowest BCUT2D eigenvalue weighted by atomic mass is 9.56. The Bertz CT molecular complexity index is 132. The van der Waals surface area contributed by atoms with E-state index in [1.807, 2.05) is 0 Å². The lowest BCUT2D eigenvalue weighted by Crippen LogP contribution is -2.43. The minimum absolute atomic E-state index is 0.670. The zero-order valence-corrected chi connectivity index (χ0v) is 10.2. The molecule has 0 bridgehead atoms. The molecule has 0 aromatic heterocycles. The van der Waals surface area contributed by atoms with Gasteiger partial charge in [-0.1, -0.05) is 49.5 Å². The van der Waals surface area contributed by atoms with E-state index in [0.717, 1.165) is 11.8 Å². The third-order valence-electron chi connectivity index (χ3n) is 3.63. The van der Waals surface area contributed by atoms with Crippen LogP contribution in [0, 0.1) is 17.3 Å². The Morgan fingerprint density at radius 3 is 2.08 bits per heavy atom. The van der Waals surface area contributed by atoms with Gasteiger partial charge in [-0.2, -0.15) is 0 Å². The van der Waals surface area contributed by atoms with Crippen molar-refractivity contribution in [3.63, 3.8) is 0 Å². The van der Waals surface area contributed by atoms with Crippen molar-refractivity contribution in [3.05, 3.63) is 0 Å². The van der Waals surface area contributed by atoms with E-state index in [-0.39, 0.29) is 0 Å². The second-order valence-electron chi connectivity index (χ2n) is 4.52. The van der Waals surface area contributed by atoms with E-state index in [9.17, 15) is 0 Å². The molecule has 0 heterocycles. The van der Waals surface area contributed by atoms with Crippen molar-refractivity contribution in [3.8, 4) is 0 Å². The topological polar surface area (TPSA) is 0 Å². The molecule has 0 saturated heterocycles. The fourth-order valence-corrected chi connectivity index (χ4v) is 3.95. The molecule has 0 nitrogen and oxygen atoms in total. The van der Waals surface area contributed by atoms with Gasteiger partial charge in [0.15, 0.2) is 0 Å². The maximum atomic E-state index is 3.69. The Morgan fingerprint density at radius 1 is 1.33 bits per heavy atom. The van der Waals surface area contributed by atoms with Crippen LogP contribution in [0.3, 0.4) is 0 Å². The van der Waals surface area contributed by atoms with E-state index in [0.29, 0.717) is 5.41 Å². The van der Waals surface area contributed by atoms with Gasteiger partial charge in [-0.05, 0) is 30.1 Å². The molecular weight excluding hydrogens is 212 g/mol. The molecule has 1 aliphatic rings. The zero-order chi connectivity index (χ0) is 9.19. The molecule has 0 spiro atoms. The second-order valence-corrected chi connectivity index (χ2v) is 5.08. The van der Waals surface area contributed by atoms with Crippen molar-refractivity contribution in [1.29, 1.82) is 0 Å². The van der Waals surface area contributed by atoms with Gasteiger partial charge in [-0.15, -0.1) is 0 Å². The fraction of sp³-hybridized carbons (Fsp3) is 1.00. The van der Waals surface area contributed by atoms with Gasteiger partial charge < -0.3 is 0 Å². The third-order valence-corrected chi connectivity index (χ3v) is 4.74. The molecule has 0 amide bonds. The Morgan fingerprint density at radius 2 is 1.83 bits per heavy atom. The van der Waals surface area contributed by atoms with E-state index in [2.05, 4.69) is 36.7 Å². The first-order valence-corrected chi connectivity index (χ1v) is 6.36. The summed E-state index contributed by atoms with van der Waals surface area (Å²) >= 11 is 3.69. The smallest absolute Gasteiger partial charge is 0.00908 e. The maximum Gasteiger partial charge on any atom is 0.00908 e. The van der Waals surface area contributed by atoms with Crippen LogP contribution < -0.4 is 0 Å². The first-order valence-electron chi connectivity index (χ1n) is 5.24. The van der Waals surface area contributed by atoms with Crippen molar-refractivity contribution < 1.29 is 0 Å². The predicted octanol–water partition coefficient (Wildman–Crippen LogP) is 4.23. The van der Waals surface area contributed by atoms with Crippen LogP contribution in [0.25, 0.3) is 0 Å². The van der Waals surface area contributed by atoms with Gasteiger partial charge in [0.25, 0.3) is 0 Å². The first kappa shape index (κ1) is 10.6. The molecule has 12 heavy (non-hydrogen) atoms. The lowest BCUT2D eigenvalue weighted by Gasteiger charge is -2.50. The predicted molar refractivity (Wildman–Crippen MR) is 58.7 cm³/mol. The van der Waals surface area contributed by atoms with Gasteiger partial charge in [0.1, 0.15) is 0 Å². The Hall–Kier alpha value is 0.480. The van der Waals surface area contributed by atoms with E-state index in [1.54, 1.807) is 0 Å². The molecule has 72 valence electrons. The number of halogens is 1. The summed E-state index contributed by atoms with van der Waals surface area (Å²) in [7, 11) is 0. The molecule has 1 fully saturated rings. The summed E-state index contributed by atoms with van der Waals surface area (Å²) in [5.41, 5.74) is 0.670. The highest BCUT2D eigenvalue weighted by Crippen LogP contribution is 2.53. The normalized spacial score (nSPS) is 35.2. The monoisotopic (exact) mass is 232 g/mol. The Kier molecular flexibility index (Phi) is 3.63. The van der Waals surface area contributed by atoms with Gasteiger partial charge in [0, 0.05) is 5.33 Å². The summed E-state index contributed by atoms with van der Waals surface area (Å²) in [5.74, 6) is 1.93. The summed E-state index contributed by atoms with van der Waals surface area (Å²) < 4.78 is 0. The van der Waals surface area contributed by atoms with Crippen LogP contribution in [-0.2, 0) is 0 Å². The van der Waals surface area contributed by atoms with Crippen molar-refractivity contribution in [2.45, 2.75) is 46.5 Å². The van der Waals surface area contributed by atoms with Gasteiger partial charge in [-0.3, -0.25) is 0 Å². The highest BCUT2D eigenvalue weighted by Gasteiger charge is 2.45. The zero-order valence-electron chi connectivity index (χ0n) is 8.57. The largest absolute Gasteiger partial charge is 0.0922 e. The summed E-state index contributed by atoms with van der Waals surface area (Å²) in [5, 5.41) is 1.22. The number of alkyl halides is 1. The van der Waals surface area contributed by atoms with Crippen molar-refractivity contribution >= 4 is 15.9 Å². The minimum atomic E-state index is 0.670. The van der Waals surface area contributed by atoms with Crippen LogP contribution in [0.2, 0.25) is 0 Å². The summed E-state index contributed by atoms with van der Waals surface area (Å²) in [6.45, 7) is 7.05. The van der Waals surface area contributed by atoms with Gasteiger partial charge >= 0.3 is 0 Å². The molecule has 0 aromatic rings. The SMILES string of the molecule is CCC(CC)C1(CBr)CC(C)C1. The quantitative estimate of drug-likeness (QED) is 0.637. The minimum Gasteiger partial charge on any atom is -0.0922 e. The highest BCUT2D eigenvalue weighted by atomic mass is 79.9. The molecule has 1 saturated carbocycles. The van der Waals surface area contributed by atoms with E-state index in [4.69, 9.17) is 0 Å². The summed E-state index contributed by atoms with van der Waals surface area (Å²) in [6, 6.07) is 0. The molecule has 1 rings (SSSR count). The van der Waals surface area contributed by atoms with Crippen LogP contribution in [0.5, 0.6) is 0 Å². The molecular formula is C11H21Br.